The van der Waals surface area contributed by atoms with E-state index in [1.54, 1.807) is 60.3 Å². The number of aryl methyl sites for hydroxylation is 1. The number of carbonyl (C=O) groups is 2. The van der Waals surface area contributed by atoms with Crippen LogP contribution in [0.25, 0.3) is 17.1 Å². The van der Waals surface area contributed by atoms with Crippen molar-refractivity contribution in [1.29, 1.82) is 0 Å². The van der Waals surface area contributed by atoms with Gasteiger partial charge in [0.2, 0.25) is 0 Å². The maximum atomic E-state index is 13.7. The molecule has 2 amide bonds. The fraction of sp³-hybridized carbons (Fsp3) is 0.111. The van der Waals surface area contributed by atoms with Crippen LogP contribution in [0.3, 0.4) is 0 Å². The van der Waals surface area contributed by atoms with E-state index in [1.165, 1.54) is 24.0 Å². The van der Waals surface area contributed by atoms with Crippen LogP contribution in [-0.4, -0.2) is 48.6 Å². The number of halogens is 4. The van der Waals surface area contributed by atoms with E-state index < -0.39 is 11.8 Å². The quantitative estimate of drug-likeness (QED) is 0.224. The number of anilines is 1. The highest BCUT2D eigenvalue weighted by Crippen LogP contribution is 2.30. The fourth-order valence-electron chi connectivity index (χ4n) is 4.13. The number of aromatic nitrogens is 6. The van der Waals surface area contributed by atoms with Crippen molar-refractivity contribution in [2.75, 3.05) is 12.4 Å². The number of rotatable bonds is 7. The maximum Gasteiger partial charge on any atom is 0.274 e. The van der Waals surface area contributed by atoms with Gasteiger partial charge in [0.05, 0.1) is 39.7 Å². The van der Waals surface area contributed by atoms with Crippen LogP contribution in [0.2, 0.25) is 20.1 Å². The van der Waals surface area contributed by atoms with Crippen LogP contribution in [-0.2, 0) is 6.54 Å². The van der Waals surface area contributed by atoms with Crippen LogP contribution in [0.5, 0.6) is 0 Å². The Morgan fingerprint density at radius 2 is 1.76 bits per heavy atom. The molecule has 2 aromatic carbocycles. The Bertz CT molecular complexity index is 1800. The highest BCUT2D eigenvalue weighted by atomic mass is 35.5. The number of pyridine rings is 1. The van der Waals surface area contributed by atoms with Crippen LogP contribution in [0.1, 0.15) is 32.1 Å². The molecule has 3 aromatic heterocycles. The zero-order valence-corrected chi connectivity index (χ0v) is 24.5. The van der Waals surface area contributed by atoms with Gasteiger partial charge in [-0.1, -0.05) is 51.6 Å². The number of hydrogen-bond donors (Lipinski definition) is 2. The summed E-state index contributed by atoms with van der Waals surface area (Å²) in [6, 6.07) is 13.1. The van der Waals surface area contributed by atoms with Gasteiger partial charge in [-0.25, -0.2) is 14.3 Å². The van der Waals surface area contributed by atoms with Crippen LogP contribution in [0, 0.1) is 6.92 Å². The highest BCUT2D eigenvalue weighted by molar-refractivity contribution is 6.36. The Hall–Kier alpha value is -3.96. The minimum Gasteiger partial charge on any atom is -0.355 e. The predicted molar refractivity (Wildman–Crippen MR) is 158 cm³/mol. The third-order valence-electron chi connectivity index (χ3n) is 6.01. The first-order valence-electron chi connectivity index (χ1n) is 12.0. The second-order valence-electron chi connectivity index (χ2n) is 8.85. The van der Waals surface area contributed by atoms with Gasteiger partial charge in [0.25, 0.3) is 11.8 Å². The molecule has 0 unspecified atom stereocenters. The topological polar surface area (TPSA) is 120 Å². The lowest BCUT2D eigenvalue weighted by molar-refractivity contribution is 0.0964. The van der Waals surface area contributed by atoms with Crippen LogP contribution in [0.15, 0.2) is 60.9 Å². The zero-order valence-electron chi connectivity index (χ0n) is 21.5. The molecule has 0 aliphatic heterocycles. The number of amides is 2. The van der Waals surface area contributed by atoms with E-state index in [4.69, 9.17) is 46.4 Å². The van der Waals surface area contributed by atoms with E-state index in [2.05, 4.69) is 31.0 Å². The summed E-state index contributed by atoms with van der Waals surface area (Å²) in [6.07, 6.45) is 3.24. The molecule has 0 saturated carbocycles. The normalized spacial score (nSPS) is 11.0. The van der Waals surface area contributed by atoms with Gasteiger partial charge in [0.15, 0.2) is 5.82 Å². The average molecular weight is 630 g/mol. The van der Waals surface area contributed by atoms with Gasteiger partial charge < -0.3 is 10.6 Å². The molecular formula is C27H20Cl4N8O2. The Labute approximate surface area is 254 Å². The van der Waals surface area contributed by atoms with E-state index in [1.807, 2.05) is 0 Å². The standard InChI is InChI=1S/C27H20Cl4N8O2/c1-14-8-16(29)9-19(26(40)32-2)24(14)34-27(41)23-11-17(36-39(23)25-20(30)4-3-7-33-25)12-38-13-22(35-37-38)18-6-5-15(28)10-21(18)31/h3-11,13H,12H2,1-2H3,(H,32,40)(H,34,41). The number of nitrogens with one attached hydrogen (secondary N) is 2. The van der Waals surface area contributed by atoms with E-state index in [-0.39, 0.29) is 28.6 Å². The molecule has 0 radical (unpaired) electrons. The van der Waals surface area contributed by atoms with Gasteiger partial charge in [-0.15, -0.1) is 5.10 Å². The van der Waals surface area contributed by atoms with Crippen molar-refractivity contribution in [2.24, 2.45) is 0 Å². The summed E-state index contributed by atoms with van der Waals surface area (Å²) < 4.78 is 2.90. The third-order valence-corrected chi connectivity index (χ3v) is 7.07. The first-order valence-corrected chi connectivity index (χ1v) is 13.5. The van der Waals surface area contributed by atoms with Crippen molar-refractivity contribution in [3.05, 3.63) is 104 Å². The summed E-state index contributed by atoms with van der Waals surface area (Å²) in [4.78, 5) is 30.5. The Kier molecular flexibility index (Phi) is 8.27. The maximum absolute atomic E-state index is 13.7. The minimum absolute atomic E-state index is 0.124. The van der Waals surface area contributed by atoms with E-state index in [0.717, 1.165) is 0 Å². The second-order valence-corrected chi connectivity index (χ2v) is 10.5. The second kappa shape index (κ2) is 11.9. The summed E-state index contributed by atoms with van der Waals surface area (Å²) in [5.41, 5.74) is 2.91. The van der Waals surface area contributed by atoms with Crippen LogP contribution < -0.4 is 10.6 Å². The smallest absolute Gasteiger partial charge is 0.274 e. The highest BCUT2D eigenvalue weighted by Gasteiger charge is 2.23. The molecule has 0 aliphatic carbocycles. The lowest BCUT2D eigenvalue weighted by Gasteiger charge is -2.14. The lowest BCUT2D eigenvalue weighted by Crippen LogP contribution is -2.23. The molecule has 0 fully saturated rings. The monoisotopic (exact) mass is 628 g/mol. The minimum atomic E-state index is -0.548. The van der Waals surface area contributed by atoms with E-state index in [9.17, 15) is 9.59 Å². The molecular weight excluding hydrogens is 610 g/mol. The van der Waals surface area contributed by atoms with Gasteiger partial charge in [-0.05, 0) is 61.0 Å². The summed E-state index contributed by atoms with van der Waals surface area (Å²) in [5, 5.41) is 20.0. The Morgan fingerprint density at radius 3 is 2.49 bits per heavy atom. The van der Waals surface area contributed by atoms with Crippen molar-refractivity contribution >= 4 is 63.9 Å². The van der Waals surface area contributed by atoms with Crippen molar-refractivity contribution in [1.82, 2.24) is 35.1 Å². The SMILES string of the molecule is CNC(=O)c1cc(Cl)cc(C)c1NC(=O)c1cc(Cn2cc(-c3ccc(Cl)cc3Cl)nn2)nn1-c1ncccc1Cl. The molecule has 2 N–H and O–H groups in total. The Morgan fingerprint density at radius 1 is 0.951 bits per heavy atom. The van der Waals surface area contributed by atoms with Gasteiger partial charge in [-0.3, -0.25) is 9.59 Å². The van der Waals surface area contributed by atoms with Crippen LogP contribution >= 0.6 is 46.4 Å². The van der Waals surface area contributed by atoms with E-state index >= 15 is 0 Å². The number of hydrogen-bond acceptors (Lipinski definition) is 6. The molecule has 0 atom stereocenters. The van der Waals surface area contributed by atoms with Gasteiger partial charge >= 0.3 is 0 Å². The zero-order chi connectivity index (χ0) is 29.3. The predicted octanol–water partition coefficient (Wildman–Crippen LogP) is 6.11. The molecule has 0 spiro atoms. The first kappa shape index (κ1) is 28.6. The fourth-order valence-corrected chi connectivity index (χ4v) is 5.11. The summed E-state index contributed by atoms with van der Waals surface area (Å²) in [5.74, 6) is -0.707. The average Bonchev–Trinajstić information content (AvgIpc) is 3.57. The molecule has 10 nitrogen and oxygen atoms in total. The molecule has 208 valence electrons. The number of nitrogens with zero attached hydrogens (tertiary/aromatic N) is 6. The van der Waals surface area contributed by atoms with Gasteiger partial charge in [-0.2, -0.15) is 5.10 Å². The molecule has 5 aromatic rings. The molecule has 5 rings (SSSR count). The first-order chi connectivity index (χ1) is 19.6. The number of carbonyl (C=O) groups excluding carboxylic acids is 2. The number of benzene rings is 2. The molecule has 0 bridgehead atoms. The largest absolute Gasteiger partial charge is 0.355 e. The summed E-state index contributed by atoms with van der Waals surface area (Å²) >= 11 is 24.9. The third kappa shape index (κ3) is 6.06. The van der Waals surface area contributed by atoms with Crippen molar-refractivity contribution in [3.63, 3.8) is 0 Å². The summed E-state index contributed by atoms with van der Waals surface area (Å²) in [7, 11) is 1.49. The van der Waals surface area contributed by atoms with Crippen LogP contribution in [0.4, 0.5) is 5.69 Å². The summed E-state index contributed by atoms with van der Waals surface area (Å²) in [6.45, 7) is 1.90. The van der Waals surface area contributed by atoms with E-state index in [0.29, 0.717) is 43.3 Å². The van der Waals surface area contributed by atoms with Crippen molar-refractivity contribution in [3.8, 4) is 17.1 Å². The molecule has 0 aliphatic rings. The van der Waals surface area contributed by atoms with Crippen molar-refractivity contribution < 1.29 is 9.59 Å². The molecule has 3 heterocycles. The molecule has 14 heteroatoms. The molecule has 41 heavy (non-hydrogen) atoms. The van der Waals surface area contributed by atoms with Crippen molar-refractivity contribution in [2.45, 2.75) is 13.5 Å². The Balaban J connectivity index is 1.51. The van der Waals surface area contributed by atoms with Gasteiger partial charge in [0, 0.05) is 28.9 Å². The lowest BCUT2D eigenvalue weighted by atomic mass is 10.1. The molecule has 0 saturated heterocycles. The van der Waals surface area contributed by atoms with Gasteiger partial charge in [0.1, 0.15) is 11.4 Å².